The van der Waals surface area contributed by atoms with Gasteiger partial charge in [-0.3, -0.25) is 10.1 Å². The molecule has 0 fully saturated rings. The summed E-state index contributed by atoms with van der Waals surface area (Å²) < 4.78 is 9.18. The van der Waals surface area contributed by atoms with Gasteiger partial charge in [0.2, 0.25) is 5.82 Å². The Morgan fingerprint density at radius 2 is 1.92 bits per heavy atom. The van der Waals surface area contributed by atoms with E-state index in [1.165, 1.54) is 6.92 Å². The van der Waals surface area contributed by atoms with Crippen molar-refractivity contribution in [2.24, 2.45) is 0 Å². The molecule has 1 aromatic heterocycles. The van der Waals surface area contributed by atoms with E-state index in [0.717, 1.165) is 23.0 Å². The van der Waals surface area contributed by atoms with Gasteiger partial charge in [-0.15, -0.1) is 10.2 Å². The maximum atomic E-state index is 11.8. The van der Waals surface area contributed by atoms with Crippen LogP contribution in [-0.4, -0.2) is 51.4 Å². The molecular weight excluding hydrogens is 330 g/mol. The van der Waals surface area contributed by atoms with Gasteiger partial charge >= 0.3 is 12.1 Å². The van der Waals surface area contributed by atoms with Crippen molar-refractivity contribution in [2.75, 3.05) is 7.11 Å². The summed E-state index contributed by atoms with van der Waals surface area (Å²) in [6.07, 6.45) is -2.11. The molecule has 1 atom stereocenters. The summed E-state index contributed by atoms with van der Waals surface area (Å²) in [5.41, 5.74) is 1.86. The van der Waals surface area contributed by atoms with Crippen LogP contribution in [0.5, 0.6) is 0 Å². The van der Waals surface area contributed by atoms with E-state index < -0.39 is 24.1 Å². The smallest absolute Gasteiger partial charge is 0.413 e. The summed E-state index contributed by atoms with van der Waals surface area (Å²) in [7, 11) is 1.11. The second-order valence-electron chi connectivity index (χ2n) is 5.12. The van der Waals surface area contributed by atoms with E-state index in [1.807, 2.05) is 36.5 Å². The summed E-state index contributed by atoms with van der Waals surface area (Å²) in [5, 5.41) is 13.6. The fourth-order valence-corrected chi connectivity index (χ4v) is 1.79. The number of imide groups is 1. The van der Waals surface area contributed by atoms with Crippen LogP contribution in [0.15, 0.2) is 24.3 Å². The molecule has 1 heterocycles. The van der Waals surface area contributed by atoms with Crippen molar-refractivity contribution in [1.82, 2.24) is 25.5 Å². The number of carbonyl (C=O) groups excluding carboxylic acids is 3. The molecule has 10 nitrogen and oxygen atoms in total. The molecule has 1 aromatic carbocycles. The minimum atomic E-state index is -1.17. The maximum Gasteiger partial charge on any atom is 0.413 e. The highest BCUT2D eigenvalue weighted by molar-refractivity contribution is 5.94. The summed E-state index contributed by atoms with van der Waals surface area (Å²) in [6, 6.07) is 7.50. The molecule has 132 valence electrons. The highest BCUT2D eigenvalue weighted by Gasteiger charge is 2.21. The summed E-state index contributed by atoms with van der Waals surface area (Å²) in [6.45, 7) is 2.96. The molecule has 0 bridgehead atoms. The fraction of sp³-hybridized carbons (Fsp3) is 0.333. The molecule has 0 aliphatic rings. The van der Waals surface area contributed by atoms with Crippen LogP contribution in [0.25, 0.3) is 11.4 Å². The van der Waals surface area contributed by atoms with Crippen molar-refractivity contribution in [1.29, 1.82) is 0 Å². The Kier molecular flexibility index (Phi) is 5.77. The Morgan fingerprint density at radius 3 is 2.56 bits per heavy atom. The molecule has 0 saturated carbocycles. The largest absolute Gasteiger partial charge is 0.453 e. The molecule has 1 N–H and O–H groups in total. The topological polar surface area (TPSA) is 125 Å². The van der Waals surface area contributed by atoms with Gasteiger partial charge in [0.05, 0.1) is 7.11 Å². The number of methoxy groups -OCH3 is 1. The second kappa shape index (κ2) is 7.99. The van der Waals surface area contributed by atoms with E-state index >= 15 is 0 Å². The van der Waals surface area contributed by atoms with Crippen LogP contribution in [0.3, 0.4) is 0 Å². The maximum absolute atomic E-state index is 11.8. The summed E-state index contributed by atoms with van der Waals surface area (Å²) in [5.74, 6) is -1.18. The minimum Gasteiger partial charge on any atom is -0.453 e. The van der Waals surface area contributed by atoms with Gasteiger partial charge in [0.25, 0.3) is 5.91 Å². The van der Waals surface area contributed by atoms with Crippen molar-refractivity contribution in [3.8, 4) is 11.4 Å². The van der Waals surface area contributed by atoms with Gasteiger partial charge in [0, 0.05) is 5.56 Å². The molecule has 2 amide bonds. The molecule has 0 aliphatic heterocycles. The number of ether oxygens (including phenoxy) is 2. The van der Waals surface area contributed by atoms with Gasteiger partial charge in [-0.1, -0.05) is 29.8 Å². The van der Waals surface area contributed by atoms with Gasteiger partial charge < -0.3 is 9.47 Å². The average Bonchev–Trinajstić information content (AvgIpc) is 3.03. The van der Waals surface area contributed by atoms with Crippen molar-refractivity contribution >= 4 is 18.0 Å². The second-order valence-corrected chi connectivity index (χ2v) is 5.12. The van der Waals surface area contributed by atoms with Gasteiger partial charge in [-0.05, 0) is 19.1 Å². The molecule has 2 aromatic rings. The molecule has 10 heteroatoms. The van der Waals surface area contributed by atoms with Crippen LogP contribution < -0.4 is 5.32 Å². The summed E-state index contributed by atoms with van der Waals surface area (Å²) in [4.78, 5) is 35.4. The number of nitrogens with zero attached hydrogens (tertiary/aromatic N) is 4. The van der Waals surface area contributed by atoms with Gasteiger partial charge in [-0.25, -0.2) is 9.59 Å². The number of aryl methyl sites for hydroxylation is 1. The number of rotatable bonds is 5. The predicted octanol–water partition coefficient (Wildman–Crippen LogP) is 0.463. The molecule has 0 spiro atoms. The van der Waals surface area contributed by atoms with Crippen LogP contribution in [-0.2, 0) is 25.6 Å². The third-order valence-corrected chi connectivity index (χ3v) is 3.12. The first-order valence-corrected chi connectivity index (χ1v) is 7.32. The van der Waals surface area contributed by atoms with Crippen LogP contribution in [0, 0.1) is 6.92 Å². The number of amides is 2. The SMILES string of the molecule is COC(=O)NC(=O)[C@H](C)OC(=O)Cn1nnc(-c2ccc(C)cc2)n1. The number of hydrogen-bond donors (Lipinski definition) is 1. The van der Waals surface area contributed by atoms with Gasteiger partial charge in [0.1, 0.15) is 0 Å². The quantitative estimate of drug-likeness (QED) is 0.773. The number of aromatic nitrogens is 4. The van der Waals surface area contributed by atoms with E-state index in [-0.39, 0.29) is 6.54 Å². The standard InChI is InChI=1S/C15H17N5O5/c1-9-4-6-11(7-5-9)13-17-19-20(18-13)8-12(21)25-10(2)14(22)16-15(23)24-3/h4-7,10H,8H2,1-3H3,(H,16,22,23)/t10-/m0/s1. The number of carbonyl (C=O) groups is 3. The van der Waals surface area contributed by atoms with Crippen LogP contribution in [0.2, 0.25) is 0 Å². The first-order valence-electron chi connectivity index (χ1n) is 7.32. The van der Waals surface area contributed by atoms with E-state index in [1.54, 1.807) is 0 Å². The highest BCUT2D eigenvalue weighted by Crippen LogP contribution is 2.13. The number of tetrazole rings is 1. The Morgan fingerprint density at radius 1 is 1.24 bits per heavy atom. The number of alkyl carbamates (subject to hydrolysis) is 1. The lowest BCUT2D eigenvalue weighted by atomic mass is 10.1. The Hall–Kier alpha value is -3.30. The van der Waals surface area contributed by atoms with Crippen molar-refractivity contribution in [3.05, 3.63) is 29.8 Å². The number of esters is 1. The molecule has 0 saturated heterocycles. The average molecular weight is 347 g/mol. The first kappa shape index (κ1) is 18.0. The molecule has 0 aliphatic carbocycles. The lowest BCUT2D eigenvalue weighted by Gasteiger charge is -2.11. The molecular formula is C15H17N5O5. The van der Waals surface area contributed by atoms with Gasteiger partial charge in [0.15, 0.2) is 12.6 Å². The Bertz CT molecular complexity index is 771. The zero-order chi connectivity index (χ0) is 18.4. The predicted molar refractivity (Wildman–Crippen MR) is 84.1 cm³/mol. The molecule has 2 rings (SSSR count). The van der Waals surface area contributed by atoms with Gasteiger partial charge in [-0.2, -0.15) is 4.80 Å². The fourth-order valence-electron chi connectivity index (χ4n) is 1.79. The zero-order valence-corrected chi connectivity index (χ0v) is 13.9. The molecule has 0 radical (unpaired) electrons. The Labute approximate surface area is 143 Å². The number of hydrogen-bond acceptors (Lipinski definition) is 8. The summed E-state index contributed by atoms with van der Waals surface area (Å²) >= 11 is 0. The lowest BCUT2D eigenvalue weighted by Crippen LogP contribution is -2.39. The van der Waals surface area contributed by atoms with Crippen molar-refractivity contribution < 1.29 is 23.9 Å². The van der Waals surface area contributed by atoms with Crippen LogP contribution in [0.1, 0.15) is 12.5 Å². The van der Waals surface area contributed by atoms with E-state index in [9.17, 15) is 14.4 Å². The van der Waals surface area contributed by atoms with Crippen LogP contribution in [0.4, 0.5) is 4.79 Å². The van der Waals surface area contributed by atoms with Crippen LogP contribution >= 0.6 is 0 Å². The van der Waals surface area contributed by atoms with Crippen molar-refractivity contribution in [2.45, 2.75) is 26.5 Å². The van der Waals surface area contributed by atoms with Crippen molar-refractivity contribution in [3.63, 3.8) is 0 Å². The third kappa shape index (κ3) is 5.09. The van der Waals surface area contributed by atoms with E-state index in [2.05, 4.69) is 20.1 Å². The monoisotopic (exact) mass is 347 g/mol. The van der Waals surface area contributed by atoms with E-state index in [0.29, 0.717) is 5.82 Å². The lowest BCUT2D eigenvalue weighted by molar-refractivity contribution is -0.155. The number of benzene rings is 1. The highest BCUT2D eigenvalue weighted by atomic mass is 16.6. The molecule has 0 unspecified atom stereocenters. The Balaban J connectivity index is 1.91. The normalized spacial score (nSPS) is 11.5. The minimum absolute atomic E-state index is 0.325. The number of nitrogens with one attached hydrogen (secondary N) is 1. The molecule has 25 heavy (non-hydrogen) atoms. The zero-order valence-electron chi connectivity index (χ0n) is 13.9. The third-order valence-electron chi connectivity index (χ3n) is 3.12. The van der Waals surface area contributed by atoms with E-state index in [4.69, 9.17) is 4.74 Å². The first-order chi connectivity index (χ1) is 11.9.